The number of hydrogen-bond acceptors (Lipinski definition) is 4. The Morgan fingerprint density at radius 2 is 1.85 bits per heavy atom. The summed E-state index contributed by atoms with van der Waals surface area (Å²) in [7, 11) is 0. The van der Waals surface area contributed by atoms with Crippen molar-refractivity contribution in [3.05, 3.63) is 83.4 Å². The fraction of sp³-hybridized carbons (Fsp3) is 0.231. The summed E-state index contributed by atoms with van der Waals surface area (Å²) in [5.74, 6) is 0.681. The van der Waals surface area contributed by atoms with Crippen LogP contribution in [-0.2, 0) is 4.79 Å². The number of benzene rings is 3. The Labute approximate surface area is 208 Å². The van der Waals surface area contributed by atoms with Gasteiger partial charge in [0.2, 0.25) is 5.91 Å². The van der Waals surface area contributed by atoms with E-state index < -0.39 is 11.6 Å². The minimum Gasteiger partial charge on any atom is -0.494 e. The lowest BCUT2D eigenvalue weighted by molar-refractivity contribution is -0.130. The molecule has 0 spiro atoms. The number of rotatable bonds is 5. The van der Waals surface area contributed by atoms with Crippen LogP contribution in [0, 0.1) is 5.92 Å². The molecule has 1 saturated heterocycles. The zero-order valence-corrected chi connectivity index (χ0v) is 20.3. The molecule has 2 N–H and O–H groups in total. The van der Waals surface area contributed by atoms with E-state index in [2.05, 4.69) is 10.6 Å². The van der Waals surface area contributed by atoms with Crippen LogP contribution in [0.4, 0.5) is 11.4 Å². The summed E-state index contributed by atoms with van der Waals surface area (Å²) < 4.78 is 12.2. The molecular weight excluding hydrogens is 470 g/mol. The number of carbonyl (C=O) groups excluding carboxylic acids is 1. The van der Waals surface area contributed by atoms with Gasteiger partial charge in [0, 0.05) is 22.0 Å². The Morgan fingerprint density at radius 3 is 2.56 bits per heavy atom. The van der Waals surface area contributed by atoms with Gasteiger partial charge in [-0.25, -0.2) is 0 Å². The topological polar surface area (TPSA) is 62.8 Å². The number of anilines is 2. The second kappa shape index (κ2) is 8.81. The van der Waals surface area contributed by atoms with Crippen molar-refractivity contribution in [2.45, 2.75) is 25.6 Å². The van der Waals surface area contributed by atoms with Gasteiger partial charge >= 0.3 is 0 Å². The number of carbonyl (C=O) groups is 1. The predicted molar refractivity (Wildman–Crippen MR) is 138 cm³/mol. The number of para-hydroxylation sites is 1. The van der Waals surface area contributed by atoms with Crippen LogP contribution < -0.4 is 25.0 Å². The summed E-state index contributed by atoms with van der Waals surface area (Å²) in [5, 5.41) is 7.53. The van der Waals surface area contributed by atoms with E-state index in [1.165, 1.54) is 0 Å². The van der Waals surface area contributed by atoms with Crippen LogP contribution in [0.1, 0.15) is 25.5 Å². The standard InChI is InChI=1S/C26H24ClN3O3S/c1-3-32-19-14-12-18(13-15-19)30-25(34)29-23-20-6-4-5-7-21(20)33-26(30,2)22(23)24(31)28-17-10-8-16(27)9-11-17/h4-15,22-23H,3H2,1-2H3,(H,28,31)(H,29,34)/t22-,23-,26-/m0/s1. The van der Waals surface area contributed by atoms with Crippen molar-refractivity contribution in [1.82, 2.24) is 5.32 Å². The molecule has 6 nitrogen and oxygen atoms in total. The van der Waals surface area contributed by atoms with Gasteiger partial charge in [-0.15, -0.1) is 0 Å². The molecular formula is C26H24ClN3O3S. The van der Waals surface area contributed by atoms with Crippen LogP contribution in [0.15, 0.2) is 72.8 Å². The van der Waals surface area contributed by atoms with Crippen molar-refractivity contribution in [2.75, 3.05) is 16.8 Å². The first kappa shape index (κ1) is 22.5. The Balaban J connectivity index is 1.57. The molecule has 0 unspecified atom stereocenters. The van der Waals surface area contributed by atoms with Crippen molar-refractivity contribution in [1.29, 1.82) is 0 Å². The molecule has 0 radical (unpaired) electrons. The molecule has 0 aliphatic carbocycles. The van der Waals surface area contributed by atoms with Gasteiger partial charge in [-0.1, -0.05) is 29.8 Å². The molecule has 1 amide bonds. The van der Waals surface area contributed by atoms with Gasteiger partial charge in [-0.2, -0.15) is 0 Å². The van der Waals surface area contributed by atoms with Crippen molar-refractivity contribution < 1.29 is 14.3 Å². The first-order valence-corrected chi connectivity index (χ1v) is 11.9. The lowest BCUT2D eigenvalue weighted by Crippen LogP contribution is -2.72. The quantitative estimate of drug-likeness (QED) is 0.455. The molecule has 3 aromatic carbocycles. The Bertz CT molecular complexity index is 1230. The van der Waals surface area contributed by atoms with Crippen LogP contribution in [0.5, 0.6) is 11.5 Å². The SMILES string of the molecule is CCOc1ccc(N2C(=S)N[C@H]3c4ccccc4O[C@@]2(C)[C@@H]3C(=O)Nc2ccc(Cl)cc2)cc1. The fourth-order valence-electron chi connectivity index (χ4n) is 4.73. The monoisotopic (exact) mass is 493 g/mol. The minimum absolute atomic E-state index is 0.185. The Morgan fingerprint density at radius 1 is 1.15 bits per heavy atom. The normalized spacial score (nSPS) is 22.8. The molecule has 174 valence electrons. The van der Waals surface area contributed by atoms with E-state index in [0.29, 0.717) is 22.4 Å². The molecule has 1 fully saturated rings. The third-order valence-corrected chi connectivity index (χ3v) is 6.76. The number of thiocarbonyl (C=S) groups is 1. The molecule has 2 aliphatic heterocycles. The van der Waals surface area contributed by atoms with E-state index in [4.69, 9.17) is 33.3 Å². The van der Waals surface area contributed by atoms with E-state index in [9.17, 15) is 4.79 Å². The highest BCUT2D eigenvalue weighted by atomic mass is 35.5. The second-order valence-electron chi connectivity index (χ2n) is 8.36. The maximum absolute atomic E-state index is 13.7. The van der Waals surface area contributed by atoms with Crippen LogP contribution >= 0.6 is 23.8 Å². The highest BCUT2D eigenvalue weighted by molar-refractivity contribution is 7.80. The number of nitrogens with zero attached hydrogens (tertiary/aromatic N) is 1. The van der Waals surface area contributed by atoms with Crippen LogP contribution in [0.2, 0.25) is 5.02 Å². The fourth-order valence-corrected chi connectivity index (χ4v) is 5.27. The third-order valence-electron chi connectivity index (χ3n) is 6.21. The van der Waals surface area contributed by atoms with Gasteiger partial charge in [0.15, 0.2) is 10.8 Å². The summed E-state index contributed by atoms with van der Waals surface area (Å²) in [6.07, 6.45) is 0. The molecule has 3 atom stereocenters. The Kier molecular flexibility index (Phi) is 5.83. The molecule has 2 aliphatic rings. The minimum atomic E-state index is -1.08. The Hall–Kier alpha value is -3.29. The lowest BCUT2D eigenvalue weighted by Gasteiger charge is -2.56. The van der Waals surface area contributed by atoms with E-state index in [1.807, 2.05) is 67.3 Å². The van der Waals surface area contributed by atoms with Gasteiger partial charge in [0.1, 0.15) is 17.4 Å². The average molecular weight is 494 g/mol. The first-order valence-electron chi connectivity index (χ1n) is 11.1. The third kappa shape index (κ3) is 3.85. The van der Waals surface area contributed by atoms with Gasteiger partial charge in [-0.05, 0) is 80.7 Å². The molecule has 0 aromatic heterocycles. The largest absolute Gasteiger partial charge is 0.494 e. The van der Waals surface area contributed by atoms with E-state index in [-0.39, 0.29) is 11.9 Å². The highest BCUT2D eigenvalue weighted by Gasteiger charge is 2.59. The summed E-state index contributed by atoms with van der Waals surface area (Å²) in [4.78, 5) is 15.6. The van der Waals surface area contributed by atoms with E-state index in [1.54, 1.807) is 24.3 Å². The van der Waals surface area contributed by atoms with Gasteiger partial charge < -0.3 is 20.1 Å². The van der Waals surface area contributed by atoms with Crippen LogP contribution in [0.25, 0.3) is 0 Å². The molecule has 5 rings (SSSR count). The van der Waals surface area contributed by atoms with Crippen molar-refractivity contribution in [2.24, 2.45) is 5.92 Å². The molecule has 2 bridgehead atoms. The molecule has 0 saturated carbocycles. The smallest absolute Gasteiger partial charge is 0.236 e. The first-order chi connectivity index (χ1) is 16.4. The summed E-state index contributed by atoms with van der Waals surface area (Å²) in [6.45, 7) is 4.43. The number of fused-ring (bicyclic) bond motifs is 4. The van der Waals surface area contributed by atoms with Crippen LogP contribution in [0.3, 0.4) is 0 Å². The van der Waals surface area contributed by atoms with Gasteiger partial charge in [-0.3, -0.25) is 9.69 Å². The maximum atomic E-state index is 13.7. The summed E-state index contributed by atoms with van der Waals surface area (Å²) in [6, 6.07) is 22.0. The number of amides is 1. The zero-order chi connectivity index (χ0) is 23.9. The summed E-state index contributed by atoms with van der Waals surface area (Å²) in [5.41, 5.74) is 1.27. The number of nitrogens with one attached hydrogen (secondary N) is 2. The van der Waals surface area contributed by atoms with E-state index in [0.717, 1.165) is 22.7 Å². The summed E-state index contributed by atoms with van der Waals surface area (Å²) >= 11 is 11.8. The molecule has 34 heavy (non-hydrogen) atoms. The van der Waals surface area contributed by atoms with Crippen molar-refractivity contribution in [3.8, 4) is 11.5 Å². The molecule has 2 heterocycles. The zero-order valence-electron chi connectivity index (χ0n) is 18.7. The van der Waals surface area contributed by atoms with Crippen LogP contribution in [-0.4, -0.2) is 23.4 Å². The van der Waals surface area contributed by atoms with Gasteiger partial charge in [0.25, 0.3) is 0 Å². The molecule has 8 heteroatoms. The van der Waals surface area contributed by atoms with Crippen molar-refractivity contribution in [3.63, 3.8) is 0 Å². The average Bonchev–Trinajstić information content (AvgIpc) is 2.81. The number of hydrogen-bond donors (Lipinski definition) is 2. The predicted octanol–water partition coefficient (Wildman–Crippen LogP) is 5.54. The number of ether oxygens (including phenoxy) is 2. The maximum Gasteiger partial charge on any atom is 0.236 e. The van der Waals surface area contributed by atoms with Gasteiger partial charge in [0.05, 0.1) is 12.6 Å². The highest BCUT2D eigenvalue weighted by Crippen LogP contribution is 2.49. The second-order valence-corrected chi connectivity index (χ2v) is 9.18. The number of halogens is 1. The lowest BCUT2D eigenvalue weighted by atomic mass is 9.78. The van der Waals surface area contributed by atoms with E-state index >= 15 is 0 Å². The molecule has 3 aromatic rings. The van der Waals surface area contributed by atoms with Crippen molar-refractivity contribution >= 4 is 46.2 Å².